The Bertz CT molecular complexity index is 565. The number of benzene rings is 1. The first-order chi connectivity index (χ1) is 9.97. The summed E-state index contributed by atoms with van der Waals surface area (Å²) in [5.41, 5.74) is 0.318. The van der Waals surface area contributed by atoms with Crippen LogP contribution in [0.25, 0.3) is 0 Å². The highest BCUT2D eigenvalue weighted by molar-refractivity contribution is 6.30. The number of hydrogen-bond acceptors (Lipinski definition) is 2. The molecule has 1 fully saturated rings. The van der Waals surface area contributed by atoms with Gasteiger partial charge in [-0.3, -0.25) is 9.59 Å². The van der Waals surface area contributed by atoms with Crippen LogP contribution in [0.2, 0.25) is 5.02 Å². The largest absolute Gasteiger partial charge is 0.343 e. The number of piperazine rings is 1. The maximum atomic E-state index is 13.9. The molecule has 1 aliphatic rings. The van der Waals surface area contributed by atoms with E-state index in [1.165, 1.54) is 23.1 Å². The predicted octanol–water partition coefficient (Wildman–Crippen LogP) is 2.49. The topological polar surface area (TPSA) is 49.4 Å². The third-order valence-corrected chi connectivity index (χ3v) is 3.96. The lowest BCUT2D eigenvalue weighted by atomic mass is 10.0. The standard InChI is InChI=1S/C15H18ClFN2O2/c1-3-12-15(21)19(13(4-2)14(20)18-12)8-9-7-10(16)5-6-11(9)17/h5-7,12-13H,3-4,8H2,1-2H3,(H,18,20). The van der Waals surface area contributed by atoms with E-state index in [4.69, 9.17) is 11.6 Å². The molecule has 1 saturated heterocycles. The van der Waals surface area contributed by atoms with Crippen LogP contribution in [0.15, 0.2) is 18.2 Å². The average molecular weight is 313 g/mol. The molecule has 0 radical (unpaired) electrons. The minimum absolute atomic E-state index is 0.0493. The maximum absolute atomic E-state index is 13.9. The molecule has 0 aliphatic carbocycles. The van der Waals surface area contributed by atoms with Gasteiger partial charge in [0.15, 0.2) is 0 Å². The molecule has 1 heterocycles. The minimum Gasteiger partial charge on any atom is -0.343 e. The maximum Gasteiger partial charge on any atom is 0.246 e. The number of carbonyl (C=O) groups excluding carboxylic acids is 2. The lowest BCUT2D eigenvalue weighted by Gasteiger charge is -2.38. The summed E-state index contributed by atoms with van der Waals surface area (Å²) in [5, 5.41) is 3.11. The van der Waals surface area contributed by atoms with Gasteiger partial charge in [0.2, 0.25) is 11.8 Å². The van der Waals surface area contributed by atoms with Crippen LogP contribution in [0.1, 0.15) is 32.3 Å². The van der Waals surface area contributed by atoms with Gasteiger partial charge in [-0.2, -0.15) is 0 Å². The molecule has 2 atom stereocenters. The van der Waals surface area contributed by atoms with Gasteiger partial charge in [0.25, 0.3) is 0 Å². The number of amides is 2. The van der Waals surface area contributed by atoms with Gasteiger partial charge < -0.3 is 10.2 Å². The number of nitrogens with one attached hydrogen (secondary N) is 1. The van der Waals surface area contributed by atoms with E-state index in [1.807, 2.05) is 13.8 Å². The summed E-state index contributed by atoms with van der Waals surface area (Å²) in [7, 11) is 0. The molecular weight excluding hydrogens is 295 g/mol. The van der Waals surface area contributed by atoms with Crippen LogP contribution in [0.4, 0.5) is 4.39 Å². The lowest BCUT2D eigenvalue weighted by Crippen LogP contribution is -2.62. The van der Waals surface area contributed by atoms with Crippen molar-refractivity contribution < 1.29 is 14.0 Å². The van der Waals surface area contributed by atoms with Crippen LogP contribution in [-0.2, 0) is 16.1 Å². The van der Waals surface area contributed by atoms with E-state index in [0.717, 1.165) is 0 Å². The summed E-state index contributed by atoms with van der Waals surface area (Å²) < 4.78 is 13.9. The third kappa shape index (κ3) is 3.18. The highest BCUT2D eigenvalue weighted by Crippen LogP contribution is 2.22. The van der Waals surface area contributed by atoms with Crippen molar-refractivity contribution in [3.05, 3.63) is 34.6 Å². The molecule has 21 heavy (non-hydrogen) atoms. The first kappa shape index (κ1) is 15.8. The summed E-state index contributed by atoms with van der Waals surface area (Å²) >= 11 is 5.88. The summed E-state index contributed by atoms with van der Waals surface area (Å²) in [6.45, 7) is 3.70. The van der Waals surface area contributed by atoms with Gasteiger partial charge in [0.05, 0.1) is 0 Å². The van der Waals surface area contributed by atoms with E-state index >= 15 is 0 Å². The average Bonchev–Trinajstić information content (AvgIpc) is 2.46. The molecule has 1 aliphatic heterocycles. The Morgan fingerprint density at radius 1 is 1.29 bits per heavy atom. The van der Waals surface area contributed by atoms with Gasteiger partial charge in [-0.15, -0.1) is 0 Å². The van der Waals surface area contributed by atoms with Crippen molar-refractivity contribution in [3.8, 4) is 0 Å². The summed E-state index contributed by atoms with van der Waals surface area (Å²) in [6, 6.07) is 3.10. The molecule has 4 nitrogen and oxygen atoms in total. The third-order valence-electron chi connectivity index (χ3n) is 3.72. The Kier molecular flexibility index (Phi) is 4.83. The Balaban J connectivity index is 2.31. The van der Waals surface area contributed by atoms with Crippen molar-refractivity contribution in [3.63, 3.8) is 0 Å². The van der Waals surface area contributed by atoms with Gasteiger partial charge in [0, 0.05) is 17.1 Å². The van der Waals surface area contributed by atoms with E-state index in [9.17, 15) is 14.0 Å². The van der Waals surface area contributed by atoms with E-state index in [0.29, 0.717) is 23.4 Å². The first-order valence-corrected chi connectivity index (χ1v) is 7.40. The van der Waals surface area contributed by atoms with Crippen LogP contribution in [0.3, 0.4) is 0 Å². The van der Waals surface area contributed by atoms with E-state index in [1.54, 1.807) is 0 Å². The molecule has 0 saturated carbocycles. The van der Waals surface area contributed by atoms with E-state index in [-0.39, 0.29) is 18.4 Å². The molecule has 0 spiro atoms. The fourth-order valence-corrected chi connectivity index (χ4v) is 2.74. The summed E-state index contributed by atoms with van der Waals surface area (Å²) in [6.07, 6.45) is 0.992. The Morgan fingerprint density at radius 3 is 2.62 bits per heavy atom. The first-order valence-electron chi connectivity index (χ1n) is 7.02. The van der Waals surface area contributed by atoms with Gasteiger partial charge in [-0.25, -0.2) is 4.39 Å². The zero-order chi connectivity index (χ0) is 15.6. The van der Waals surface area contributed by atoms with Gasteiger partial charge in [-0.1, -0.05) is 25.4 Å². The fraction of sp³-hybridized carbons (Fsp3) is 0.467. The van der Waals surface area contributed by atoms with Crippen LogP contribution in [0.5, 0.6) is 0 Å². The number of hydrogen-bond donors (Lipinski definition) is 1. The van der Waals surface area contributed by atoms with Crippen molar-refractivity contribution in [2.45, 2.75) is 45.3 Å². The van der Waals surface area contributed by atoms with Crippen molar-refractivity contribution in [1.82, 2.24) is 10.2 Å². The predicted molar refractivity (Wildman–Crippen MR) is 78.3 cm³/mol. The quantitative estimate of drug-likeness (QED) is 0.928. The van der Waals surface area contributed by atoms with Crippen LogP contribution >= 0.6 is 11.6 Å². The fourth-order valence-electron chi connectivity index (χ4n) is 2.54. The normalized spacial score (nSPS) is 22.4. The highest BCUT2D eigenvalue weighted by Gasteiger charge is 2.38. The van der Waals surface area contributed by atoms with Gasteiger partial charge in [0.1, 0.15) is 17.9 Å². The molecule has 2 rings (SSSR count). The highest BCUT2D eigenvalue weighted by atomic mass is 35.5. The monoisotopic (exact) mass is 312 g/mol. The second-order valence-electron chi connectivity index (χ2n) is 5.10. The van der Waals surface area contributed by atoms with Gasteiger partial charge >= 0.3 is 0 Å². The molecule has 6 heteroatoms. The number of carbonyl (C=O) groups is 2. The molecule has 1 aromatic rings. The molecular formula is C15H18ClFN2O2. The molecule has 114 valence electrons. The van der Waals surface area contributed by atoms with E-state index < -0.39 is 17.9 Å². The second-order valence-corrected chi connectivity index (χ2v) is 5.53. The van der Waals surface area contributed by atoms with Crippen molar-refractivity contribution in [2.75, 3.05) is 0 Å². The summed E-state index contributed by atoms with van der Waals surface area (Å²) in [4.78, 5) is 25.9. The molecule has 2 unspecified atom stereocenters. The van der Waals surface area contributed by atoms with E-state index in [2.05, 4.69) is 5.32 Å². The van der Waals surface area contributed by atoms with Crippen LogP contribution < -0.4 is 5.32 Å². The van der Waals surface area contributed by atoms with Gasteiger partial charge in [-0.05, 0) is 31.0 Å². The molecule has 0 bridgehead atoms. The Labute approximate surface area is 128 Å². The zero-order valence-electron chi connectivity index (χ0n) is 12.0. The molecule has 1 aromatic carbocycles. The summed E-state index contributed by atoms with van der Waals surface area (Å²) in [5.74, 6) is -0.796. The van der Waals surface area contributed by atoms with Crippen molar-refractivity contribution >= 4 is 23.4 Å². The zero-order valence-corrected chi connectivity index (χ0v) is 12.8. The molecule has 0 aromatic heterocycles. The second kappa shape index (κ2) is 6.43. The van der Waals surface area contributed by atoms with Crippen LogP contribution in [-0.4, -0.2) is 28.8 Å². The molecule has 2 amide bonds. The van der Waals surface area contributed by atoms with Crippen LogP contribution in [0, 0.1) is 5.82 Å². The Hall–Kier alpha value is -1.62. The minimum atomic E-state index is -0.571. The lowest BCUT2D eigenvalue weighted by molar-refractivity contribution is -0.150. The number of rotatable bonds is 4. The SMILES string of the molecule is CCC1NC(=O)C(CC)N(Cc2cc(Cl)ccc2F)C1=O. The number of nitrogens with zero attached hydrogens (tertiary/aromatic N) is 1. The molecule has 1 N–H and O–H groups in total. The number of halogens is 2. The van der Waals surface area contributed by atoms with Crippen molar-refractivity contribution in [2.24, 2.45) is 0 Å². The van der Waals surface area contributed by atoms with Crippen molar-refractivity contribution in [1.29, 1.82) is 0 Å². The smallest absolute Gasteiger partial charge is 0.246 e. The Morgan fingerprint density at radius 2 is 2.00 bits per heavy atom.